The van der Waals surface area contributed by atoms with Gasteiger partial charge in [-0.2, -0.15) is 0 Å². The van der Waals surface area contributed by atoms with Crippen LogP contribution in [0.2, 0.25) is 0 Å². The van der Waals surface area contributed by atoms with Gasteiger partial charge in [0, 0.05) is 57.3 Å². The predicted molar refractivity (Wildman–Crippen MR) is 131 cm³/mol. The first-order valence-electron chi connectivity index (χ1n) is 11.6. The van der Waals surface area contributed by atoms with Crippen molar-refractivity contribution in [3.05, 3.63) is 46.5 Å². The topological polar surface area (TPSA) is 90.7 Å². The summed E-state index contributed by atoms with van der Waals surface area (Å²) in [7, 11) is -1.06. The molecule has 7 heteroatoms. The van der Waals surface area contributed by atoms with Crippen LogP contribution in [0.5, 0.6) is 0 Å². The van der Waals surface area contributed by atoms with Gasteiger partial charge in [-0.1, -0.05) is 6.92 Å². The number of fused-ring (bicyclic) bond motifs is 1. The monoisotopic (exact) mass is 452 g/mol. The summed E-state index contributed by atoms with van der Waals surface area (Å²) in [5, 5.41) is 4.57. The molecule has 0 aliphatic heterocycles. The molecule has 2 fully saturated rings. The molecule has 0 bridgehead atoms. The number of hydrogen-bond acceptors (Lipinski definition) is 4. The van der Waals surface area contributed by atoms with Gasteiger partial charge < -0.3 is 14.9 Å². The molecule has 2 aliphatic carbocycles. The minimum absolute atomic E-state index is 0.0383. The van der Waals surface area contributed by atoms with Crippen molar-refractivity contribution >= 4 is 26.3 Å². The number of hydrogen-bond donors (Lipinski definition) is 3. The minimum Gasteiger partial charge on any atom is -0.382 e. The van der Waals surface area contributed by atoms with E-state index in [4.69, 9.17) is 4.78 Å². The van der Waals surface area contributed by atoms with Gasteiger partial charge in [0.05, 0.1) is 9.73 Å². The van der Waals surface area contributed by atoms with Gasteiger partial charge in [0.1, 0.15) is 5.52 Å². The molecule has 0 spiro atoms. The van der Waals surface area contributed by atoms with Crippen LogP contribution in [0.15, 0.2) is 40.2 Å². The Hall–Kier alpha value is -2.54. The van der Waals surface area contributed by atoms with E-state index in [0.29, 0.717) is 16.5 Å². The molecule has 3 aromatic rings. The molecule has 2 aromatic heterocycles. The lowest BCUT2D eigenvalue weighted by molar-refractivity contribution is 0.361. The number of anilines is 1. The molecule has 0 unspecified atom stereocenters. The highest BCUT2D eigenvalue weighted by atomic mass is 32.2. The lowest BCUT2D eigenvalue weighted by Gasteiger charge is -2.29. The molecular weight excluding hydrogens is 420 g/mol. The normalized spacial score (nSPS) is 23.2. The fourth-order valence-electron chi connectivity index (χ4n) is 4.96. The predicted octanol–water partition coefficient (Wildman–Crippen LogP) is 5.40. The SMILES string of the molecule is Cc1cc2c(-c3cc([S@@](=N)(=O)C4CC4)ccc3N[C@H]3CC[C@H](C)CC3)cn(C)c(=O)c2[nH]1. The summed E-state index contributed by atoms with van der Waals surface area (Å²) in [6.07, 6.45) is 8.28. The fraction of sp³-hybridized carbons (Fsp3) is 0.480. The molecule has 5 rings (SSSR count). The second-order valence-electron chi connectivity index (χ2n) is 9.81. The van der Waals surface area contributed by atoms with Gasteiger partial charge in [0.2, 0.25) is 0 Å². The maximum absolute atomic E-state index is 13.2. The maximum Gasteiger partial charge on any atom is 0.274 e. The van der Waals surface area contributed by atoms with Crippen LogP contribution < -0.4 is 10.9 Å². The minimum atomic E-state index is -2.82. The number of aromatic nitrogens is 2. The summed E-state index contributed by atoms with van der Waals surface area (Å²) >= 11 is 0. The van der Waals surface area contributed by atoms with E-state index < -0.39 is 9.73 Å². The second kappa shape index (κ2) is 7.80. The number of H-pyrrole nitrogens is 1. The van der Waals surface area contributed by atoms with Crippen LogP contribution in [0.25, 0.3) is 22.0 Å². The van der Waals surface area contributed by atoms with Crippen LogP contribution in [0.1, 0.15) is 51.1 Å². The van der Waals surface area contributed by atoms with Crippen molar-refractivity contribution in [1.29, 1.82) is 4.78 Å². The van der Waals surface area contributed by atoms with Crippen molar-refractivity contribution < 1.29 is 4.21 Å². The zero-order chi connectivity index (χ0) is 22.6. The van der Waals surface area contributed by atoms with Crippen molar-refractivity contribution in [1.82, 2.24) is 9.55 Å². The van der Waals surface area contributed by atoms with Crippen LogP contribution in [0.4, 0.5) is 5.69 Å². The first-order valence-corrected chi connectivity index (χ1v) is 13.2. The Morgan fingerprint density at radius 2 is 1.81 bits per heavy atom. The molecule has 170 valence electrons. The molecule has 0 amide bonds. The number of rotatable bonds is 5. The van der Waals surface area contributed by atoms with Crippen molar-refractivity contribution in [2.75, 3.05) is 5.32 Å². The lowest BCUT2D eigenvalue weighted by Crippen LogP contribution is -2.25. The van der Waals surface area contributed by atoms with Gasteiger partial charge >= 0.3 is 0 Å². The third-order valence-electron chi connectivity index (χ3n) is 7.10. The largest absolute Gasteiger partial charge is 0.382 e. The standard InChI is InChI=1S/C25H32N4O2S/c1-15-4-6-17(7-5-15)28-23-11-10-19(32(26,31)18-8-9-18)13-20(23)22-14-29(3)25(30)24-21(22)12-16(2)27-24/h10-15,17-18,26-28H,4-9H2,1-3H3/t15-,17-,32-/m0/s1. The summed E-state index contributed by atoms with van der Waals surface area (Å²) < 4.78 is 23.4. The number of nitrogens with zero attached hydrogens (tertiary/aromatic N) is 1. The Bertz CT molecular complexity index is 1340. The van der Waals surface area contributed by atoms with E-state index in [2.05, 4.69) is 17.2 Å². The highest BCUT2D eigenvalue weighted by Crippen LogP contribution is 2.40. The quantitative estimate of drug-likeness (QED) is 0.484. The number of nitrogens with one attached hydrogen (secondary N) is 3. The van der Waals surface area contributed by atoms with Gasteiger partial charge in [-0.15, -0.1) is 0 Å². The van der Waals surface area contributed by atoms with Gasteiger partial charge in [0.25, 0.3) is 5.56 Å². The van der Waals surface area contributed by atoms with E-state index in [-0.39, 0.29) is 10.8 Å². The van der Waals surface area contributed by atoms with Crippen LogP contribution >= 0.6 is 0 Å². The van der Waals surface area contributed by atoms with Crippen molar-refractivity contribution in [3.8, 4) is 11.1 Å². The zero-order valence-corrected chi connectivity index (χ0v) is 19.8. The first kappa shape index (κ1) is 21.3. The number of pyridine rings is 1. The Balaban J connectivity index is 1.67. The number of benzene rings is 1. The summed E-state index contributed by atoms with van der Waals surface area (Å²) in [5.41, 5.74) is 4.27. The van der Waals surface area contributed by atoms with E-state index in [9.17, 15) is 9.00 Å². The van der Waals surface area contributed by atoms with Crippen LogP contribution in [-0.4, -0.2) is 25.1 Å². The van der Waals surface area contributed by atoms with Gasteiger partial charge in [0.15, 0.2) is 0 Å². The van der Waals surface area contributed by atoms with E-state index in [0.717, 1.165) is 59.5 Å². The van der Waals surface area contributed by atoms with E-state index in [1.165, 1.54) is 12.8 Å². The Kier molecular flexibility index (Phi) is 5.19. The van der Waals surface area contributed by atoms with E-state index >= 15 is 0 Å². The average Bonchev–Trinajstić information content (AvgIpc) is 3.55. The molecular formula is C25H32N4O2S. The van der Waals surface area contributed by atoms with Crippen molar-refractivity contribution in [2.45, 2.75) is 68.6 Å². The van der Waals surface area contributed by atoms with Crippen molar-refractivity contribution in [3.63, 3.8) is 0 Å². The molecule has 6 nitrogen and oxygen atoms in total. The highest BCUT2D eigenvalue weighted by molar-refractivity contribution is 7.93. The lowest BCUT2D eigenvalue weighted by atomic mass is 9.87. The zero-order valence-electron chi connectivity index (χ0n) is 19.0. The van der Waals surface area contributed by atoms with Gasteiger partial charge in [-0.3, -0.25) is 4.79 Å². The highest BCUT2D eigenvalue weighted by Gasteiger charge is 2.34. The molecule has 3 N–H and O–H groups in total. The third-order valence-corrected chi connectivity index (χ3v) is 9.46. The van der Waals surface area contributed by atoms with E-state index in [1.807, 2.05) is 37.4 Å². The molecule has 0 radical (unpaired) electrons. The summed E-state index contributed by atoms with van der Waals surface area (Å²) in [5.74, 6) is 0.771. The van der Waals surface area contributed by atoms with Crippen LogP contribution in [-0.2, 0) is 16.8 Å². The summed E-state index contributed by atoms with van der Waals surface area (Å²) in [6.45, 7) is 4.26. The molecule has 2 aliphatic rings. The third kappa shape index (κ3) is 3.76. The van der Waals surface area contributed by atoms with Gasteiger partial charge in [-0.05, 0) is 75.6 Å². The van der Waals surface area contributed by atoms with Crippen LogP contribution in [0.3, 0.4) is 0 Å². The Morgan fingerprint density at radius 1 is 1.09 bits per heavy atom. The molecule has 1 atom stereocenters. The second-order valence-corrected chi connectivity index (χ2v) is 12.1. The molecule has 2 saturated carbocycles. The fourth-order valence-corrected chi connectivity index (χ4v) is 6.71. The van der Waals surface area contributed by atoms with E-state index in [1.54, 1.807) is 11.6 Å². The summed E-state index contributed by atoms with van der Waals surface area (Å²) in [4.78, 5) is 16.5. The Labute approximate surface area is 189 Å². The first-order chi connectivity index (χ1) is 15.2. The number of aromatic amines is 1. The average molecular weight is 453 g/mol. The molecule has 32 heavy (non-hydrogen) atoms. The maximum atomic E-state index is 13.2. The molecule has 0 saturated heterocycles. The molecule has 2 heterocycles. The van der Waals surface area contributed by atoms with Gasteiger partial charge in [-0.25, -0.2) is 8.99 Å². The summed E-state index contributed by atoms with van der Waals surface area (Å²) in [6, 6.07) is 8.20. The molecule has 1 aromatic carbocycles. The number of aryl methyl sites for hydroxylation is 2. The van der Waals surface area contributed by atoms with Crippen molar-refractivity contribution in [2.24, 2.45) is 13.0 Å². The van der Waals surface area contributed by atoms with Crippen LogP contribution in [0, 0.1) is 17.6 Å². The smallest absolute Gasteiger partial charge is 0.274 e. The Morgan fingerprint density at radius 3 is 2.50 bits per heavy atom.